The molecule has 0 radical (unpaired) electrons. The van der Waals surface area contributed by atoms with Gasteiger partial charge in [-0.15, -0.1) is 11.8 Å². The Balaban J connectivity index is 0.000000516. The molecule has 0 heterocycles. The molecule has 0 saturated heterocycles. The second-order valence-electron chi connectivity index (χ2n) is 28.6. The van der Waals surface area contributed by atoms with E-state index >= 15 is 0 Å². The average molecular weight is 1630 g/mol. The molecule has 0 aliphatic rings. The zero-order valence-electron chi connectivity index (χ0n) is 64.6. The highest BCUT2D eigenvalue weighted by atomic mass is 32.2. The number of para-hydroxylation sites is 4. The highest BCUT2D eigenvalue weighted by Gasteiger charge is 2.37. The van der Waals surface area contributed by atoms with Crippen molar-refractivity contribution in [2.75, 3.05) is 66.2 Å². The lowest BCUT2D eigenvalue weighted by molar-refractivity contribution is -0.399. The van der Waals surface area contributed by atoms with Gasteiger partial charge >= 0.3 is 0 Å². The maximum Gasteiger partial charge on any atom is 0.299 e. The minimum atomic E-state index is -1.40. The van der Waals surface area contributed by atoms with E-state index in [0.717, 1.165) is 74.5 Å². The SMILES string of the molecule is CC(C)(C)NC(=O)[C@@H](CSc1c([N+](=O)[O-])cccc1[N+](=O)[O-])Nc1c([N+](=O)[O-])cccc1[N+](=O)[O-].CNCCCC[C@@H](Nc1c([N+](=O)[O-])cccc1[N+](=O)[O-])C(=O)NC(C)(C)C.CNCCCC[C@H](Nc1c([N+](=O)[O-])cccc1[N+](=O)[O-])C(=O)NC(C)(C)C.CSC[C@H](Nc1c([N+](=O)[O-])cccc1[N+](=O)[O-])C(=O)NC(C)(C)C. The van der Waals surface area contributed by atoms with Crippen LogP contribution in [-0.2, 0) is 19.2 Å². The molecule has 0 fully saturated rings. The first-order valence-electron chi connectivity index (χ1n) is 34.3. The van der Waals surface area contributed by atoms with Gasteiger partial charge in [-0.1, -0.05) is 0 Å². The molecule has 113 heavy (non-hydrogen) atoms. The van der Waals surface area contributed by atoms with Crippen molar-refractivity contribution in [1.29, 1.82) is 0 Å². The molecule has 0 saturated carbocycles. The Labute approximate surface area is 655 Å². The molecule has 0 aliphatic heterocycles. The molecule has 0 aliphatic carbocycles. The van der Waals surface area contributed by atoms with Gasteiger partial charge in [0.2, 0.25) is 23.6 Å². The minimum Gasteiger partial charge on any atom is -0.362 e. The standard InChI is InChI=1S/C19H20N6O9S.2C17H27N5O5.C14H20N4O5S/c1-19(2,3)21-18(26)11(20-16-12(22(27)28)6-4-7-13(16)23(29)30)10-35-17-14(24(31)32)8-5-9-15(17)25(33)34;2*1-17(2,3)20-16(23)12(8-5-6-11-18-4)19-15-13(21(24)25)9-7-10-14(15)22(26)27;1-14(2,3)16-13(19)9(8-24-4)15-12-10(17(20)21)6-5-7-11(12)18(22)23/h4-9,11,20H,10H2,1-3H3,(H,21,26);2*7,9-10,12,18-19H,5-6,8,11H2,1-4H3,(H,20,23);5-7,9,15H,8H2,1-4H3,(H,16,19)/t11-;2*12-;9-/m1100/s1. The van der Waals surface area contributed by atoms with Gasteiger partial charge in [0, 0.05) is 94.3 Å². The molecular weight excluding hydrogens is 1530 g/mol. The monoisotopic (exact) mass is 1630 g/mol. The summed E-state index contributed by atoms with van der Waals surface area (Å²) in [5, 5.41) is 141. The fraction of sp³-hybridized carbons (Fsp3) is 0.493. The maximum atomic E-state index is 13.0. The van der Waals surface area contributed by atoms with Crippen molar-refractivity contribution in [2.45, 2.75) is 173 Å². The zero-order valence-corrected chi connectivity index (χ0v) is 66.3. The summed E-state index contributed by atoms with van der Waals surface area (Å²) in [7, 11) is 3.64. The molecule has 10 N–H and O–H groups in total. The summed E-state index contributed by atoms with van der Waals surface area (Å²) < 4.78 is 0. The number of nitrogens with zero attached hydrogens (tertiary/aromatic N) is 10. The average Bonchev–Trinajstić information content (AvgIpc) is 0.644. The zero-order chi connectivity index (χ0) is 86.2. The predicted molar refractivity (Wildman–Crippen MR) is 425 cm³/mol. The number of thioether (sulfide) groups is 2. The molecule has 44 nitrogen and oxygen atoms in total. The van der Waals surface area contributed by atoms with Crippen LogP contribution >= 0.6 is 23.5 Å². The third-order valence-corrected chi connectivity index (χ3v) is 16.5. The van der Waals surface area contributed by atoms with E-state index in [-0.39, 0.29) is 39.7 Å². The summed E-state index contributed by atoms with van der Waals surface area (Å²) in [6, 6.07) is 13.2. The topological polar surface area (TPSA) is 620 Å². The summed E-state index contributed by atoms with van der Waals surface area (Å²) in [5.74, 6) is -1.94. The number of anilines is 4. The molecule has 5 rings (SSSR count). The number of hydrogen-bond acceptors (Lipinski definition) is 32. The Hall–Kier alpha value is -12.2. The van der Waals surface area contributed by atoms with Gasteiger partial charge in [0.05, 0.1) is 49.2 Å². The quantitative estimate of drug-likeness (QED) is 0.00764. The van der Waals surface area contributed by atoms with E-state index in [4.69, 9.17) is 0 Å². The number of amides is 4. The summed E-state index contributed by atoms with van der Waals surface area (Å²) in [4.78, 5) is 156. The van der Waals surface area contributed by atoms with Crippen molar-refractivity contribution >= 4 is 127 Å². The smallest absolute Gasteiger partial charge is 0.299 e. The minimum absolute atomic E-state index is 0.254. The third-order valence-electron chi connectivity index (χ3n) is 14.6. The lowest BCUT2D eigenvalue weighted by Crippen LogP contribution is -2.49. The number of rotatable bonds is 37. The Morgan fingerprint density at radius 1 is 0.319 bits per heavy atom. The number of unbranched alkanes of at least 4 members (excludes halogenated alkanes) is 2. The van der Waals surface area contributed by atoms with Gasteiger partial charge in [-0.3, -0.25) is 120 Å². The number of nitro groups is 10. The predicted octanol–water partition coefficient (Wildman–Crippen LogP) is 11.5. The van der Waals surface area contributed by atoms with Crippen LogP contribution in [0, 0.1) is 101 Å². The van der Waals surface area contributed by atoms with Crippen molar-refractivity contribution in [3.05, 3.63) is 192 Å². The van der Waals surface area contributed by atoms with Gasteiger partial charge in [-0.05, 0) is 185 Å². The number of carbonyl (C=O) groups excluding carboxylic acids is 4. The Morgan fingerprint density at radius 3 is 0.708 bits per heavy atom. The lowest BCUT2D eigenvalue weighted by atomic mass is 10.0. The summed E-state index contributed by atoms with van der Waals surface area (Å²) in [6.45, 7) is 22.8. The first kappa shape index (κ1) is 96.9. The van der Waals surface area contributed by atoms with Crippen molar-refractivity contribution < 1.29 is 68.4 Å². The van der Waals surface area contributed by atoms with Crippen LogP contribution in [0.2, 0.25) is 0 Å². The van der Waals surface area contributed by atoms with Crippen LogP contribution < -0.4 is 53.2 Å². The number of nitro benzene ring substituents is 10. The van der Waals surface area contributed by atoms with Gasteiger partial charge in [-0.2, -0.15) is 11.8 Å². The highest BCUT2D eigenvalue weighted by molar-refractivity contribution is 7.99. The second kappa shape index (κ2) is 44.6. The van der Waals surface area contributed by atoms with Crippen molar-refractivity contribution in [2.24, 2.45) is 0 Å². The van der Waals surface area contributed by atoms with Crippen LogP contribution in [-0.4, -0.2) is 164 Å². The van der Waals surface area contributed by atoms with Crippen LogP contribution in [0.3, 0.4) is 0 Å². The number of benzene rings is 5. The molecule has 46 heteroatoms. The Kier molecular flexibility index (Phi) is 38.2. The molecule has 5 aromatic carbocycles. The van der Waals surface area contributed by atoms with Crippen LogP contribution in [0.1, 0.15) is 122 Å². The Bertz CT molecular complexity index is 3980. The van der Waals surface area contributed by atoms with E-state index in [1.807, 2.05) is 55.6 Å². The number of carbonyl (C=O) groups is 4. The van der Waals surface area contributed by atoms with E-state index in [0.29, 0.717) is 43.2 Å². The molecule has 5 aromatic rings. The van der Waals surface area contributed by atoms with E-state index in [1.54, 1.807) is 47.8 Å². The van der Waals surface area contributed by atoms with Crippen LogP contribution in [0.25, 0.3) is 0 Å². The largest absolute Gasteiger partial charge is 0.362 e. The summed E-state index contributed by atoms with van der Waals surface area (Å²) in [6.07, 6.45) is 5.48. The molecule has 4 atom stereocenters. The number of nitrogens with one attached hydrogen (secondary N) is 10. The van der Waals surface area contributed by atoms with Gasteiger partial charge in [0.15, 0.2) is 27.6 Å². The van der Waals surface area contributed by atoms with Crippen LogP contribution in [0.4, 0.5) is 79.6 Å². The molecule has 0 unspecified atom stereocenters. The normalized spacial score (nSPS) is 12.2. The lowest BCUT2D eigenvalue weighted by Gasteiger charge is -2.26. The van der Waals surface area contributed by atoms with Gasteiger partial charge < -0.3 is 53.2 Å². The molecule has 0 aromatic heterocycles. The fourth-order valence-electron chi connectivity index (χ4n) is 9.93. The van der Waals surface area contributed by atoms with E-state index in [1.165, 1.54) is 54.2 Å². The van der Waals surface area contributed by atoms with E-state index in [9.17, 15) is 120 Å². The summed E-state index contributed by atoms with van der Waals surface area (Å²) in [5.41, 5.74) is -8.73. The second-order valence-corrected chi connectivity index (χ2v) is 30.5. The van der Waals surface area contributed by atoms with Crippen molar-refractivity contribution in [3.8, 4) is 0 Å². The maximum absolute atomic E-state index is 13.0. The van der Waals surface area contributed by atoms with Gasteiger partial charge in [-0.25, -0.2) is 0 Å². The molecule has 0 spiro atoms. The molecule has 0 bridgehead atoms. The Morgan fingerprint density at radius 2 is 0.513 bits per heavy atom. The highest BCUT2D eigenvalue weighted by Crippen LogP contribution is 2.41. The van der Waals surface area contributed by atoms with Crippen molar-refractivity contribution in [1.82, 2.24) is 31.9 Å². The summed E-state index contributed by atoms with van der Waals surface area (Å²) >= 11 is 1.94. The van der Waals surface area contributed by atoms with E-state index < -0.39 is 170 Å². The van der Waals surface area contributed by atoms with Crippen LogP contribution in [0.5, 0.6) is 0 Å². The molecule has 618 valence electrons. The molecule has 4 amide bonds. The number of hydrogen-bond donors (Lipinski definition) is 10. The van der Waals surface area contributed by atoms with Crippen LogP contribution in [0.15, 0.2) is 95.9 Å². The van der Waals surface area contributed by atoms with Gasteiger partial charge in [0.25, 0.3) is 56.9 Å². The van der Waals surface area contributed by atoms with Crippen molar-refractivity contribution in [3.63, 3.8) is 0 Å². The first-order valence-corrected chi connectivity index (χ1v) is 36.6. The third kappa shape index (κ3) is 33.1. The van der Waals surface area contributed by atoms with Gasteiger partial charge in [0.1, 0.15) is 24.2 Å². The first-order chi connectivity index (χ1) is 52.4. The van der Waals surface area contributed by atoms with E-state index in [2.05, 4.69) is 53.2 Å². The molecular formula is C67H94N20O24S2. The fourth-order valence-corrected chi connectivity index (χ4v) is 11.6.